The Hall–Kier alpha value is -1.70. The zero-order chi connectivity index (χ0) is 16.4. The molecule has 1 unspecified atom stereocenters. The van der Waals surface area contributed by atoms with Crippen molar-refractivity contribution in [3.05, 3.63) is 38.7 Å². The Morgan fingerprint density at radius 1 is 1.57 bits per heavy atom. The predicted octanol–water partition coefficient (Wildman–Crippen LogP) is 3.60. The van der Waals surface area contributed by atoms with Crippen molar-refractivity contribution >= 4 is 41.0 Å². The minimum atomic E-state index is -0.227. The first-order valence-corrected chi connectivity index (χ1v) is 8.76. The molecule has 23 heavy (non-hydrogen) atoms. The molecule has 1 aromatic carbocycles. The van der Waals surface area contributed by atoms with Crippen molar-refractivity contribution in [2.24, 2.45) is 0 Å². The maximum Gasteiger partial charge on any atom is 0.269 e. The third-order valence-electron chi connectivity index (χ3n) is 3.83. The number of carbonyl (C=O) groups excluding carboxylic acids is 1. The lowest BCUT2D eigenvalue weighted by molar-refractivity contribution is 0.0970. The number of anilines is 2. The van der Waals surface area contributed by atoms with Crippen molar-refractivity contribution in [2.75, 3.05) is 17.7 Å². The van der Waals surface area contributed by atoms with Gasteiger partial charge in [-0.2, -0.15) is 0 Å². The zero-order valence-electron chi connectivity index (χ0n) is 12.9. The first kappa shape index (κ1) is 16.2. The Labute approximate surface area is 144 Å². The number of rotatable bonds is 4. The summed E-state index contributed by atoms with van der Waals surface area (Å²) in [5, 5.41) is 2.87. The number of nitrogens with one attached hydrogen (secondary N) is 1. The van der Waals surface area contributed by atoms with E-state index in [9.17, 15) is 4.79 Å². The third kappa shape index (κ3) is 3.63. The van der Waals surface area contributed by atoms with E-state index in [0.717, 1.165) is 30.7 Å². The topological polar surface area (TPSA) is 69.3 Å². The van der Waals surface area contributed by atoms with Crippen LogP contribution in [0.25, 0.3) is 0 Å². The second-order valence-electron chi connectivity index (χ2n) is 5.65. The van der Waals surface area contributed by atoms with Crippen LogP contribution in [0.15, 0.2) is 24.3 Å². The van der Waals surface area contributed by atoms with Gasteiger partial charge in [-0.25, -0.2) is 0 Å². The fourth-order valence-electron chi connectivity index (χ4n) is 2.65. The van der Waals surface area contributed by atoms with Gasteiger partial charge in [-0.15, -0.1) is 0 Å². The van der Waals surface area contributed by atoms with Crippen molar-refractivity contribution in [1.29, 1.82) is 0 Å². The van der Waals surface area contributed by atoms with Crippen molar-refractivity contribution < 1.29 is 9.53 Å². The Morgan fingerprint density at radius 2 is 2.39 bits per heavy atom. The molecule has 1 aromatic heterocycles. The fraction of sp³-hybridized carbons (Fsp3) is 0.375. The highest BCUT2D eigenvalue weighted by Gasteiger charge is 2.22. The van der Waals surface area contributed by atoms with Crippen LogP contribution in [0.1, 0.15) is 28.1 Å². The predicted molar refractivity (Wildman–Crippen MR) is 95.7 cm³/mol. The number of hydrogen-bond acceptors (Lipinski definition) is 5. The Balaban J connectivity index is 1.79. The second-order valence-corrected chi connectivity index (χ2v) is 7.30. The molecular formula is C16H19N3O2S2. The molecule has 1 amide bonds. The number of ether oxygens (including phenoxy) is 1. The van der Waals surface area contributed by atoms with Gasteiger partial charge in [0.15, 0.2) is 3.95 Å². The molecule has 2 aromatic rings. The highest BCUT2D eigenvalue weighted by atomic mass is 32.1. The molecule has 5 nitrogen and oxygen atoms in total. The third-order valence-corrected chi connectivity index (χ3v) is 5.29. The highest BCUT2D eigenvalue weighted by Crippen LogP contribution is 2.26. The van der Waals surface area contributed by atoms with Gasteiger partial charge in [0, 0.05) is 12.3 Å². The van der Waals surface area contributed by atoms with Gasteiger partial charge in [-0.1, -0.05) is 23.5 Å². The SMILES string of the molecule is Cc1cccc(NC(=O)c2sc(=S)n(CC3CCCO3)c2N)c1. The van der Waals surface area contributed by atoms with E-state index in [2.05, 4.69) is 5.32 Å². The molecule has 1 fully saturated rings. The summed E-state index contributed by atoms with van der Waals surface area (Å²) < 4.78 is 8.04. The molecule has 122 valence electrons. The number of aryl methyl sites for hydroxylation is 1. The van der Waals surface area contributed by atoms with Gasteiger partial charge in [0.05, 0.1) is 12.6 Å². The summed E-state index contributed by atoms with van der Waals surface area (Å²) in [7, 11) is 0. The standard InChI is InChI=1S/C16H19N3O2S2/c1-10-4-2-5-11(8-10)18-15(20)13-14(17)19(16(22)23-13)9-12-6-3-7-21-12/h2,4-5,8,12H,3,6-7,9,17H2,1H3,(H,18,20). The summed E-state index contributed by atoms with van der Waals surface area (Å²) >= 11 is 6.61. The van der Waals surface area contributed by atoms with Gasteiger partial charge in [0.1, 0.15) is 10.7 Å². The van der Waals surface area contributed by atoms with Crippen molar-refractivity contribution in [1.82, 2.24) is 4.57 Å². The average Bonchev–Trinajstić information content (AvgIpc) is 3.11. The van der Waals surface area contributed by atoms with Gasteiger partial charge in [0.2, 0.25) is 0 Å². The van der Waals surface area contributed by atoms with Crippen LogP contribution in [0, 0.1) is 10.9 Å². The first-order valence-electron chi connectivity index (χ1n) is 7.53. The Morgan fingerprint density at radius 3 is 3.09 bits per heavy atom. The van der Waals surface area contributed by atoms with Crippen LogP contribution >= 0.6 is 23.6 Å². The molecule has 0 saturated carbocycles. The highest BCUT2D eigenvalue weighted by molar-refractivity contribution is 7.73. The lowest BCUT2D eigenvalue weighted by Gasteiger charge is -2.12. The normalized spacial score (nSPS) is 17.3. The van der Waals surface area contributed by atoms with Gasteiger partial charge >= 0.3 is 0 Å². The van der Waals surface area contributed by atoms with E-state index < -0.39 is 0 Å². The molecular weight excluding hydrogens is 330 g/mol. The molecule has 3 N–H and O–H groups in total. The Kier molecular flexibility index (Phi) is 4.79. The number of aromatic nitrogens is 1. The number of hydrogen-bond donors (Lipinski definition) is 2. The summed E-state index contributed by atoms with van der Waals surface area (Å²) in [5.74, 6) is 0.191. The van der Waals surface area contributed by atoms with Gasteiger partial charge in [-0.3, -0.25) is 4.79 Å². The van der Waals surface area contributed by atoms with Crippen LogP contribution in [0.3, 0.4) is 0 Å². The molecule has 0 aliphatic carbocycles. The lowest BCUT2D eigenvalue weighted by atomic mass is 10.2. The fourth-order valence-corrected chi connectivity index (χ4v) is 3.89. The van der Waals surface area contributed by atoms with E-state index in [1.807, 2.05) is 31.2 Å². The number of nitrogen functional groups attached to an aromatic ring is 1. The lowest BCUT2D eigenvalue weighted by Crippen LogP contribution is -2.18. The van der Waals surface area contributed by atoms with E-state index in [-0.39, 0.29) is 12.0 Å². The summed E-state index contributed by atoms with van der Waals surface area (Å²) in [5.41, 5.74) is 7.99. The molecule has 7 heteroatoms. The summed E-state index contributed by atoms with van der Waals surface area (Å²) in [4.78, 5) is 12.9. The van der Waals surface area contributed by atoms with Gasteiger partial charge < -0.3 is 20.4 Å². The zero-order valence-corrected chi connectivity index (χ0v) is 14.5. The van der Waals surface area contributed by atoms with E-state index in [1.54, 1.807) is 4.57 Å². The van der Waals surface area contributed by atoms with Crippen molar-refractivity contribution in [3.8, 4) is 0 Å². The maximum atomic E-state index is 12.5. The molecule has 1 atom stereocenters. The van der Waals surface area contributed by atoms with Crippen LogP contribution < -0.4 is 11.1 Å². The number of nitrogens with two attached hydrogens (primary N) is 1. The average molecular weight is 349 g/mol. The smallest absolute Gasteiger partial charge is 0.269 e. The number of nitrogens with zero attached hydrogens (tertiary/aromatic N) is 1. The maximum absolute atomic E-state index is 12.5. The van der Waals surface area contributed by atoms with Crippen LogP contribution in [-0.2, 0) is 11.3 Å². The number of carbonyl (C=O) groups is 1. The van der Waals surface area contributed by atoms with Crippen LogP contribution in [0.5, 0.6) is 0 Å². The minimum absolute atomic E-state index is 0.131. The molecule has 0 spiro atoms. The summed E-state index contributed by atoms with van der Waals surface area (Å²) in [6.45, 7) is 3.37. The first-order chi connectivity index (χ1) is 11.0. The van der Waals surface area contributed by atoms with Gasteiger partial charge in [0.25, 0.3) is 5.91 Å². The monoisotopic (exact) mass is 349 g/mol. The summed E-state index contributed by atoms with van der Waals surface area (Å²) in [6, 6.07) is 7.64. The van der Waals surface area contributed by atoms with E-state index >= 15 is 0 Å². The van der Waals surface area contributed by atoms with E-state index in [0.29, 0.717) is 21.2 Å². The van der Waals surface area contributed by atoms with Crippen molar-refractivity contribution in [3.63, 3.8) is 0 Å². The van der Waals surface area contributed by atoms with Gasteiger partial charge in [-0.05, 0) is 49.7 Å². The molecule has 1 aliphatic rings. The summed E-state index contributed by atoms with van der Waals surface area (Å²) in [6.07, 6.45) is 2.19. The van der Waals surface area contributed by atoms with E-state index in [4.69, 9.17) is 22.7 Å². The number of amides is 1. The van der Waals surface area contributed by atoms with Crippen LogP contribution in [-0.4, -0.2) is 23.2 Å². The molecule has 1 saturated heterocycles. The minimum Gasteiger partial charge on any atom is -0.384 e. The quantitative estimate of drug-likeness (QED) is 0.828. The number of benzene rings is 1. The van der Waals surface area contributed by atoms with Crippen LogP contribution in [0.2, 0.25) is 0 Å². The van der Waals surface area contributed by atoms with Crippen molar-refractivity contribution in [2.45, 2.75) is 32.4 Å². The molecule has 1 aliphatic heterocycles. The largest absolute Gasteiger partial charge is 0.384 e. The molecule has 0 bridgehead atoms. The molecule has 2 heterocycles. The molecule has 3 rings (SSSR count). The Bertz CT molecular complexity index is 776. The second kappa shape index (κ2) is 6.82. The van der Waals surface area contributed by atoms with E-state index in [1.165, 1.54) is 11.3 Å². The molecule has 0 radical (unpaired) electrons. The van der Waals surface area contributed by atoms with Crippen LogP contribution in [0.4, 0.5) is 11.5 Å². The number of thiazole rings is 1.